The van der Waals surface area contributed by atoms with Crippen molar-refractivity contribution in [3.05, 3.63) is 57.9 Å². The van der Waals surface area contributed by atoms with Crippen molar-refractivity contribution in [3.8, 4) is 11.6 Å². The fraction of sp³-hybridized carbons (Fsp3) is 0.0833. The number of sulfone groups is 1. The fourth-order valence-corrected chi connectivity index (χ4v) is 2.20. The van der Waals surface area contributed by atoms with Gasteiger partial charge in [0.25, 0.3) is 0 Å². The van der Waals surface area contributed by atoms with E-state index < -0.39 is 20.4 Å². The summed E-state index contributed by atoms with van der Waals surface area (Å²) in [5, 5.41) is 22.5. The van der Waals surface area contributed by atoms with Crippen molar-refractivity contribution in [2.75, 3.05) is 6.26 Å². The summed E-state index contributed by atoms with van der Waals surface area (Å²) in [7, 11) is -3.58. The van der Waals surface area contributed by atoms with Gasteiger partial charge in [0.2, 0.25) is 5.75 Å². The second-order valence-corrected chi connectivity index (χ2v) is 6.14. The molecule has 0 unspecified atom stereocenters. The van der Waals surface area contributed by atoms with E-state index in [1.807, 2.05) is 0 Å². The second-order valence-electron chi connectivity index (χ2n) is 4.13. The number of nitrogens with zero attached hydrogens (tertiary/aromatic N) is 2. The van der Waals surface area contributed by atoms with Crippen LogP contribution in [-0.2, 0) is 9.84 Å². The van der Waals surface area contributed by atoms with Gasteiger partial charge in [-0.1, -0.05) is 0 Å². The maximum atomic E-state index is 11.5. The van der Waals surface area contributed by atoms with E-state index >= 15 is 0 Å². The quantitative estimate of drug-likeness (QED) is 0.365. The van der Waals surface area contributed by atoms with E-state index in [0.29, 0.717) is 4.73 Å². The topological polar surface area (TPSA) is 113 Å². The predicted molar refractivity (Wildman–Crippen MR) is 71.7 cm³/mol. The Kier molecular flexibility index (Phi) is 3.76. The Labute approximate surface area is 119 Å². The average Bonchev–Trinajstić information content (AvgIpc) is 2.40. The smallest absolute Gasteiger partial charge is 0.385 e. The standard InChI is InChI=1S/C12H10N2O6S/c1-21(18,19)9-5-6-11(10(8-9)14(16)17)20-12-4-2-3-7-13(12)15/h2-8H,1H3. The summed E-state index contributed by atoms with van der Waals surface area (Å²) in [5.74, 6) is -0.379. The molecule has 9 heteroatoms. The van der Waals surface area contributed by atoms with Crippen molar-refractivity contribution in [2.45, 2.75) is 4.90 Å². The van der Waals surface area contributed by atoms with Gasteiger partial charge in [0.05, 0.1) is 15.9 Å². The summed E-state index contributed by atoms with van der Waals surface area (Å²) in [6.07, 6.45) is 2.11. The highest BCUT2D eigenvalue weighted by atomic mass is 32.2. The molecule has 0 aliphatic heterocycles. The van der Waals surface area contributed by atoms with Gasteiger partial charge in [0.15, 0.2) is 16.0 Å². The zero-order chi connectivity index (χ0) is 15.6. The Morgan fingerprint density at radius 1 is 1.24 bits per heavy atom. The van der Waals surface area contributed by atoms with Gasteiger partial charge in [-0.05, 0) is 18.2 Å². The number of nitro benzene ring substituents is 1. The van der Waals surface area contributed by atoms with Crippen LogP contribution in [0.2, 0.25) is 0 Å². The lowest BCUT2D eigenvalue weighted by Crippen LogP contribution is -2.26. The van der Waals surface area contributed by atoms with Crippen LogP contribution in [-0.4, -0.2) is 19.6 Å². The molecule has 0 spiro atoms. The SMILES string of the molecule is CS(=O)(=O)c1ccc(Oc2cccc[n+]2[O-])c([N+](=O)[O-])c1. The lowest BCUT2D eigenvalue weighted by Gasteiger charge is -2.07. The minimum Gasteiger partial charge on any atom is -0.616 e. The number of rotatable bonds is 4. The van der Waals surface area contributed by atoms with Crippen molar-refractivity contribution in [1.29, 1.82) is 0 Å². The Bertz CT molecular complexity index is 803. The Morgan fingerprint density at radius 3 is 2.52 bits per heavy atom. The number of ether oxygens (including phenoxy) is 1. The van der Waals surface area contributed by atoms with Gasteiger partial charge in [0, 0.05) is 18.4 Å². The van der Waals surface area contributed by atoms with Crippen LogP contribution in [0.5, 0.6) is 11.6 Å². The van der Waals surface area contributed by atoms with E-state index in [9.17, 15) is 23.7 Å². The minimum atomic E-state index is -3.58. The van der Waals surface area contributed by atoms with Crippen molar-refractivity contribution in [3.63, 3.8) is 0 Å². The first-order valence-corrected chi connectivity index (χ1v) is 7.53. The molecule has 0 N–H and O–H groups in total. The molecule has 8 nitrogen and oxygen atoms in total. The zero-order valence-electron chi connectivity index (χ0n) is 10.8. The van der Waals surface area contributed by atoms with Crippen molar-refractivity contribution < 1.29 is 22.8 Å². The molecule has 0 bridgehead atoms. The molecule has 0 fully saturated rings. The number of aromatic nitrogens is 1. The highest BCUT2D eigenvalue weighted by Gasteiger charge is 2.22. The molecule has 0 radical (unpaired) electrons. The molecular formula is C12H10N2O6S. The molecule has 0 amide bonds. The number of benzene rings is 1. The van der Waals surface area contributed by atoms with E-state index in [4.69, 9.17) is 4.74 Å². The Hall–Kier alpha value is -2.68. The summed E-state index contributed by atoms with van der Waals surface area (Å²) in [5.41, 5.74) is -0.540. The van der Waals surface area contributed by atoms with Gasteiger partial charge < -0.3 is 9.94 Å². The van der Waals surface area contributed by atoms with Crippen LogP contribution in [0.4, 0.5) is 5.69 Å². The molecule has 0 aliphatic rings. The van der Waals surface area contributed by atoms with Crippen LogP contribution in [0.15, 0.2) is 47.5 Å². The maximum Gasteiger partial charge on any atom is 0.385 e. The van der Waals surface area contributed by atoms with Crippen LogP contribution in [0.25, 0.3) is 0 Å². The number of pyridine rings is 1. The number of hydrogen-bond acceptors (Lipinski definition) is 6. The lowest BCUT2D eigenvalue weighted by molar-refractivity contribution is -0.611. The zero-order valence-corrected chi connectivity index (χ0v) is 11.6. The van der Waals surface area contributed by atoms with Gasteiger partial charge in [0.1, 0.15) is 0 Å². The van der Waals surface area contributed by atoms with E-state index in [2.05, 4.69) is 0 Å². The first-order valence-electron chi connectivity index (χ1n) is 5.63. The van der Waals surface area contributed by atoms with Gasteiger partial charge in [-0.25, -0.2) is 8.42 Å². The van der Waals surface area contributed by atoms with Crippen LogP contribution >= 0.6 is 0 Å². The fourth-order valence-electron chi connectivity index (χ4n) is 1.56. The van der Waals surface area contributed by atoms with Crippen molar-refractivity contribution in [2.24, 2.45) is 0 Å². The Balaban J connectivity index is 2.50. The van der Waals surface area contributed by atoms with Crippen LogP contribution < -0.4 is 9.47 Å². The van der Waals surface area contributed by atoms with Gasteiger partial charge >= 0.3 is 11.6 Å². The van der Waals surface area contributed by atoms with E-state index in [0.717, 1.165) is 18.4 Å². The first kappa shape index (κ1) is 14.7. The molecular weight excluding hydrogens is 300 g/mol. The average molecular weight is 310 g/mol. The molecule has 1 aromatic heterocycles. The maximum absolute atomic E-state index is 11.5. The van der Waals surface area contributed by atoms with E-state index in [1.165, 1.54) is 30.5 Å². The monoisotopic (exact) mass is 310 g/mol. The van der Waals surface area contributed by atoms with Gasteiger partial charge in [-0.2, -0.15) is 0 Å². The highest BCUT2D eigenvalue weighted by Crippen LogP contribution is 2.32. The minimum absolute atomic E-state index is 0.160. The summed E-state index contributed by atoms with van der Waals surface area (Å²) >= 11 is 0. The molecule has 0 saturated heterocycles. The van der Waals surface area contributed by atoms with Gasteiger partial charge in [-0.3, -0.25) is 10.1 Å². The molecule has 2 aromatic rings. The number of nitro groups is 1. The highest BCUT2D eigenvalue weighted by molar-refractivity contribution is 7.90. The summed E-state index contributed by atoms with van der Waals surface area (Å²) in [6.45, 7) is 0. The predicted octanol–water partition coefficient (Wildman–Crippen LogP) is 1.42. The normalized spacial score (nSPS) is 11.1. The third-order valence-electron chi connectivity index (χ3n) is 2.56. The third kappa shape index (κ3) is 3.26. The van der Waals surface area contributed by atoms with E-state index in [1.54, 1.807) is 0 Å². The van der Waals surface area contributed by atoms with Crippen LogP contribution in [0.1, 0.15) is 0 Å². The third-order valence-corrected chi connectivity index (χ3v) is 3.67. The Morgan fingerprint density at radius 2 is 1.95 bits per heavy atom. The molecule has 1 heterocycles. The summed E-state index contributed by atoms with van der Waals surface area (Å²) in [4.78, 5) is 10.0. The molecule has 0 atom stereocenters. The number of hydrogen-bond donors (Lipinski definition) is 0. The van der Waals surface area contributed by atoms with Crippen molar-refractivity contribution >= 4 is 15.5 Å². The van der Waals surface area contributed by atoms with E-state index in [-0.39, 0.29) is 16.5 Å². The summed E-state index contributed by atoms with van der Waals surface area (Å²) < 4.78 is 28.4. The molecule has 2 rings (SSSR count). The molecule has 0 saturated carbocycles. The first-order chi connectivity index (χ1) is 9.79. The summed E-state index contributed by atoms with van der Waals surface area (Å²) in [6, 6.07) is 7.54. The lowest BCUT2D eigenvalue weighted by atomic mass is 10.3. The van der Waals surface area contributed by atoms with Crippen LogP contribution in [0, 0.1) is 15.3 Å². The van der Waals surface area contributed by atoms with Gasteiger partial charge in [-0.15, -0.1) is 4.73 Å². The van der Waals surface area contributed by atoms with Crippen molar-refractivity contribution in [1.82, 2.24) is 0 Å². The second kappa shape index (κ2) is 5.37. The van der Waals surface area contributed by atoms with Crippen LogP contribution in [0.3, 0.4) is 0 Å². The molecule has 0 aliphatic carbocycles. The molecule has 21 heavy (non-hydrogen) atoms. The molecule has 110 valence electrons. The largest absolute Gasteiger partial charge is 0.616 e. The molecule has 1 aromatic carbocycles.